The number of rotatable bonds is 15. The van der Waals surface area contributed by atoms with E-state index in [2.05, 4.69) is 72.3 Å². The molecule has 0 aliphatic carbocycles. The van der Waals surface area contributed by atoms with E-state index in [0.717, 1.165) is 44.5 Å². The van der Waals surface area contributed by atoms with Gasteiger partial charge in [0.1, 0.15) is 23.0 Å². The molecule has 0 aromatic heterocycles. The fourth-order valence-electron chi connectivity index (χ4n) is 6.94. The Bertz CT molecular complexity index is 2140. The summed E-state index contributed by atoms with van der Waals surface area (Å²) in [5, 5.41) is 43.0. The van der Waals surface area contributed by atoms with Crippen molar-refractivity contribution in [3.8, 4) is 23.0 Å². The van der Waals surface area contributed by atoms with Gasteiger partial charge in [0.25, 0.3) is 0 Å². The third kappa shape index (κ3) is 12.4. The summed E-state index contributed by atoms with van der Waals surface area (Å²) in [4.78, 5) is 34.4. The highest BCUT2D eigenvalue weighted by Gasteiger charge is 2.27. The van der Waals surface area contributed by atoms with Gasteiger partial charge >= 0.3 is 0 Å². The third-order valence-electron chi connectivity index (χ3n) is 10.4. The van der Waals surface area contributed by atoms with E-state index < -0.39 is 0 Å². The lowest BCUT2D eigenvalue weighted by atomic mass is 9.78. The fourth-order valence-corrected chi connectivity index (χ4v) is 6.94. The zero-order chi connectivity index (χ0) is 43.2. The van der Waals surface area contributed by atoms with Crippen LogP contribution in [0.3, 0.4) is 0 Å². The monoisotopic (exact) mass is 788 g/mol. The van der Waals surface area contributed by atoms with E-state index in [-0.39, 0.29) is 58.3 Å². The number of phenolic OH excluding ortho intramolecular Hbond substituents is 4. The van der Waals surface area contributed by atoms with E-state index >= 15 is 0 Å². The summed E-state index contributed by atoms with van der Waals surface area (Å²) in [7, 11) is 0. The first-order valence-corrected chi connectivity index (χ1v) is 20.3. The van der Waals surface area contributed by atoms with Crippen LogP contribution in [-0.2, 0) is 45.1 Å². The van der Waals surface area contributed by atoms with Gasteiger partial charge < -0.3 is 20.4 Å². The fraction of sp³-hybridized carbons (Fsp3) is 0.440. The summed E-state index contributed by atoms with van der Waals surface area (Å²) in [6.45, 7) is 22.7. The van der Waals surface area contributed by atoms with Crippen LogP contribution in [0.1, 0.15) is 151 Å². The van der Waals surface area contributed by atoms with Crippen LogP contribution in [0.5, 0.6) is 23.0 Å². The molecule has 0 fully saturated rings. The van der Waals surface area contributed by atoms with Gasteiger partial charge in [-0.25, -0.2) is 0 Å². The smallest absolute Gasteiger partial charge is 0.154 e. The molecule has 8 heteroatoms. The molecule has 0 atom stereocenters. The minimum atomic E-state index is -0.251. The number of aryl methyl sites for hydroxylation is 2. The van der Waals surface area contributed by atoms with Crippen molar-refractivity contribution >= 4 is 24.0 Å². The molecule has 0 radical (unpaired) electrons. The van der Waals surface area contributed by atoms with E-state index in [9.17, 15) is 30.0 Å². The van der Waals surface area contributed by atoms with E-state index in [1.807, 2.05) is 62.4 Å². The molecule has 0 heterocycles. The summed E-state index contributed by atoms with van der Waals surface area (Å²) in [5.74, 6) is 0.856. The lowest BCUT2D eigenvalue weighted by Gasteiger charge is -2.28. The second-order valence-corrected chi connectivity index (χ2v) is 19.0. The van der Waals surface area contributed by atoms with Gasteiger partial charge in [0, 0.05) is 36.4 Å². The molecular formula is C50H64N2O6. The highest BCUT2D eigenvalue weighted by atomic mass is 16.3. The van der Waals surface area contributed by atoms with Crippen molar-refractivity contribution in [2.75, 3.05) is 13.1 Å². The van der Waals surface area contributed by atoms with Crippen molar-refractivity contribution in [2.45, 2.75) is 130 Å². The SMILES string of the molecule is CC(C)c1cc(CCC(=O)CN=Cc2cc(Cc3ccc(O)c(C=NCC(=O)CCc4cc(C(C)(C)C)c(O)c(C(C)(C)C)c4)c3)ccc2O)cc(C(C)(C)C)c1O. The number of ketones is 2. The van der Waals surface area contributed by atoms with E-state index in [0.29, 0.717) is 54.7 Å². The molecule has 0 aliphatic rings. The molecule has 0 saturated carbocycles. The van der Waals surface area contributed by atoms with E-state index in [1.54, 1.807) is 12.1 Å². The Morgan fingerprint density at radius 2 is 0.931 bits per heavy atom. The van der Waals surface area contributed by atoms with Crippen LogP contribution in [-0.4, -0.2) is 57.5 Å². The number of benzene rings is 4. The molecule has 0 unspecified atom stereocenters. The molecular weight excluding hydrogens is 725 g/mol. The Kier molecular flexibility index (Phi) is 14.6. The Labute approximate surface area is 345 Å². The first kappa shape index (κ1) is 45.5. The summed E-state index contributed by atoms with van der Waals surface area (Å²) < 4.78 is 0. The van der Waals surface area contributed by atoms with Crippen molar-refractivity contribution in [2.24, 2.45) is 9.98 Å². The summed E-state index contributed by atoms with van der Waals surface area (Å²) >= 11 is 0. The Balaban J connectivity index is 1.35. The Morgan fingerprint density at radius 1 is 0.552 bits per heavy atom. The molecule has 4 aromatic rings. The number of hydrogen-bond donors (Lipinski definition) is 4. The lowest BCUT2D eigenvalue weighted by molar-refractivity contribution is -0.118. The van der Waals surface area contributed by atoms with E-state index in [1.165, 1.54) is 12.4 Å². The number of hydrogen-bond acceptors (Lipinski definition) is 8. The molecule has 4 N–H and O–H groups in total. The van der Waals surface area contributed by atoms with Crippen molar-refractivity contribution < 1.29 is 30.0 Å². The number of aromatic hydroxyl groups is 4. The highest BCUT2D eigenvalue weighted by molar-refractivity contribution is 5.88. The van der Waals surface area contributed by atoms with Gasteiger partial charge in [0.2, 0.25) is 0 Å². The van der Waals surface area contributed by atoms with Crippen molar-refractivity contribution in [3.63, 3.8) is 0 Å². The number of carbonyl (C=O) groups excluding carboxylic acids is 2. The molecule has 4 rings (SSSR count). The predicted octanol–water partition coefficient (Wildman–Crippen LogP) is 10.4. The molecule has 0 saturated heterocycles. The minimum absolute atomic E-state index is 0.0127. The maximum absolute atomic E-state index is 12.9. The van der Waals surface area contributed by atoms with Crippen molar-refractivity contribution in [3.05, 3.63) is 116 Å². The van der Waals surface area contributed by atoms with E-state index in [4.69, 9.17) is 0 Å². The van der Waals surface area contributed by atoms with Gasteiger partial charge in [-0.15, -0.1) is 0 Å². The molecule has 0 bridgehead atoms. The van der Waals surface area contributed by atoms with Crippen LogP contribution < -0.4 is 0 Å². The normalized spacial score (nSPS) is 12.6. The zero-order valence-corrected chi connectivity index (χ0v) is 36.5. The summed E-state index contributed by atoms with van der Waals surface area (Å²) in [6.07, 6.45) is 5.24. The molecule has 0 spiro atoms. The summed E-state index contributed by atoms with van der Waals surface area (Å²) in [6, 6.07) is 18.5. The number of Topliss-reactive ketones (excluding diaryl/α,β-unsaturated/α-hetero) is 2. The maximum Gasteiger partial charge on any atom is 0.154 e. The van der Waals surface area contributed by atoms with Crippen molar-refractivity contribution in [1.82, 2.24) is 0 Å². The molecule has 4 aromatic carbocycles. The topological polar surface area (TPSA) is 140 Å². The molecule has 0 aliphatic heterocycles. The minimum Gasteiger partial charge on any atom is -0.507 e. The second kappa shape index (κ2) is 18.6. The number of carbonyl (C=O) groups is 2. The largest absolute Gasteiger partial charge is 0.507 e. The molecule has 0 amide bonds. The highest BCUT2D eigenvalue weighted by Crippen LogP contribution is 2.40. The van der Waals surface area contributed by atoms with Crippen LogP contribution >= 0.6 is 0 Å². The third-order valence-corrected chi connectivity index (χ3v) is 10.4. The number of aliphatic imine (C=N–C) groups is 2. The molecule has 58 heavy (non-hydrogen) atoms. The van der Waals surface area contributed by atoms with Gasteiger partial charge in [-0.05, 0) is 110 Å². The van der Waals surface area contributed by atoms with Crippen LogP contribution in [0.15, 0.2) is 70.6 Å². The first-order chi connectivity index (χ1) is 26.9. The van der Waals surface area contributed by atoms with Gasteiger partial charge in [0.05, 0.1) is 13.1 Å². The average molecular weight is 789 g/mol. The first-order valence-electron chi connectivity index (χ1n) is 20.3. The number of nitrogens with zero attached hydrogens (tertiary/aromatic N) is 2. The Hall–Kier alpha value is -5.24. The predicted molar refractivity (Wildman–Crippen MR) is 237 cm³/mol. The maximum atomic E-state index is 12.9. The molecule has 8 nitrogen and oxygen atoms in total. The number of phenols is 4. The quantitative estimate of drug-likeness (QED) is 0.0885. The van der Waals surface area contributed by atoms with Crippen molar-refractivity contribution in [1.29, 1.82) is 0 Å². The van der Waals surface area contributed by atoms with Gasteiger partial charge in [-0.2, -0.15) is 0 Å². The second-order valence-electron chi connectivity index (χ2n) is 19.0. The van der Waals surface area contributed by atoms with Gasteiger partial charge in [-0.1, -0.05) is 113 Å². The Morgan fingerprint density at radius 3 is 1.31 bits per heavy atom. The van der Waals surface area contributed by atoms with Crippen LogP contribution in [0.2, 0.25) is 0 Å². The standard InChI is InChI=1S/C50H64N2O6/c1-31(2)40-23-34(24-41(46(40)57)48(3,4)5)12-16-38(53)29-51-27-36-21-32(14-18-44(36)55)20-33-15-19-45(56)37(22-33)28-52-30-39(54)17-13-35-25-42(49(6,7)8)47(58)43(26-35)50(9,10)11/h14-15,18-19,21-28,31,55-58H,12-13,16-17,20,29-30H2,1-11H3. The van der Waals surface area contributed by atoms with Crippen LogP contribution in [0, 0.1) is 0 Å². The lowest BCUT2D eigenvalue weighted by Crippen LogP contribution is -2.18. The molecule has 310 valence electrons. The van der Waals surface area contributed by atoms with Crippen LogP contribution in [0.4, 0.5) is 0 Å². The van der Waals surface area contributed by atoms with Crippen LogP contribution in [0.25, 0.3) is 0 Å². The average Bonchev–Trinajstić information content (AvgIpc) is 3.11. The van der Waals surface area contributed by atoms with Gasteiger partial charge in [0.15, 0.2) is 11.6 Å². The zero-order valence-electron chi connectivity index (χ0n) is 36.5. The summed E-state index contributed by atoms with van der Waals surface area (Å²) in [5.41, 5.74) is 7.57. The van der Waals surface area contributed by atoms with Gasteiger partial charge in [-0.3, -0.25) is 19.6 Å².